The topological polar surface area (TPSA) is 68.6 Å². The Labute approximate surface area is 166 Å². The molecule has 2 heterocycles. The molecule has 11 heteroatoms. The number of alkyl halides is 3. The van der Waals surface area contributed by atoms with E-state index in [0.29, 0.717) is 21.9 Å². The number of hydrogen-bond acceptors (Lipinski definition) is 7. The van der Waals surface area contributed by atoms with E-state index in [-0.39, 0.29) is 11.6 Å². The van der Waals surface area contributed by atoms with Crippen LogP contribution in [0.1, 0.15) is 10.6 Å². The average Bonchev–Trinajstić information content (AvgIpc) is 3.11. The number of ether oxygens (including phenoxy) is 2. The molecule has 29 heavy (non-hydrogen) atoms. The largest absolute Gasteiger partial charge is 0.493 e. The maximum absolute atomic E-state index is 13.3. The lowest BCUT2D eigenvalue weighted by atomic mass is 10.1. The number of nitrogens with zero attached hydrogens (tertiary/aromatic N) is 3. The second-order valence-electron chi connectivity index (χ2n) is 5.54. The quantitative estimate of drug-likeness (QED) is 0.348. The van der Waals surface area contributed by atoms with Crippen LogP contribution < -0.4 is 14.9 Å². The molecule has 6 nitrogen and oxygen atoms in total. The maximum atomic E-state index is 13.3. The Morgan fingerprint density at radius 3 is 2.41 bits per heavy atom. The molecular formula is C18H14F4N4O2S. The van der Waals surface area contributed by atoms with Crippen molar-refractivity contribution in [3.8, 4) is 22.8 Å². The fraction of sp³-hybridized carbons (Fsp3) is 0.167. The van der Waals surface area contributed by atoms with Crippen molar-refractivity contribution in [1.82, 2.24) is 9.97 Å². The van der Waals surface area contributed by atoms with Crippen molar-refractivity contribution in [3.05, 3.63) is 52.1 Å². The van der Waals surface area contributed by atoms with Crippen LogP contribution in [0.3, 0.4) is 0 Å². The molecule has 2 aromatic heterocycles. The number of rotatable bonds is 6. The van der Waals surface area contributed by atoms with Crippen LogP contribution in [-0.2, 0) is 6.18 Å². The van der Waals surface area contributed by atoms with Gasteiger partial charge in [-0.3, -0.25) is 0 Å². The Morgan fingerprint density at radius 2 is 1.79 bits per heavy atom. The predicted molar refractivity (Wildman–Crippen MR) is 101 cm³/mol. The van der Waals surface area contributed by atoms with Gasteiger partial charge in [0.15, 0.2) is 22.3 Å². The molecule has 0 aliphatic heterocycles. The van der Waals surface area contributed by atoms with Gasteiger partial charge in [-0.25, -0.2) is 15.4 Å². The van der Waals surface area contributed by atoms with Gasteiger partial charge in [-0.05, 0) is 36.4 Å². The summed E-state index contributed by atoms with van der Waals surface area (Å²) < 4.78 is 63.1. The summed E-state index contributed by atoms with van der Waals surface area (Å²) in [4.78, 5) is 8.01. The Morgan fingerprint density at radius 1 is 1.03 bits per heavy atom. The van der Waals surface area contributed by atoms with Crippen LogP contribution in [0.4, 0.5) is 23.5 Å². The molecule has 0 spiro atoms. The summed E-state index contributed by atoms with van der Waals surface area (Å²) in [5.74, 6) is 0.398. The van der Waals surface area contributed by atoms with Crippen LogP contribution in [0.25, 0.3) is 11.3 Å². The highest BCUT2D eigenvalue weighted by atomic mass is 32.1. The van der Waals surface area contributed by atoms with E-state index in [2.05, 4.69) is 20.5 Å². The highest BCUT2D eigenvalue weighted by Gasteiger charge is 2.34. The minimum Gasteiger partial charge on any atom is -0.493 e. The molecule has 3 aromatic rings. The van der Waals surface area contributed by atoms with E-state index in [1.807, 2.05) is 0 Å². The molecule has 0 saturated carbocycles. The van der Waals surface area contributed by atoms with Crippen LogP contribution in [0.2, 0.25) is 0 Å². The van der Waals surface area contributed by atoms with E-state index in [9.17, 15) is 17.6 Å². The Balaban J connectivity index is 1.97. The minimum atomic E-state index is -4.69. The van der Waals surface area contributed by atoms with Crippen LogP contribution in [0.5, 0.6) is 11.5 Å². The lowest BCUT2D eigenvalue weighted by molar-refractivity contribution is -0.141. The molecule has 3 rings (SSSR count). The van der Waals surface area contributed by atoms with Crippen molar-refractivity contribution in [1.29, 1.82) is 0 Å². The number of anilines is 1. The van der Waals surface area contributed by atoms with Gasteiger partial charge in [-0.15, -0.1) is 11.3 Å². The summed E-state index contributed by atoms with van der Waals surface area (Å²) in [7, 11) is 2.86. The van der Waals surface area contributed by atoms with Crippen molar-refractivity contribution in [3.63, 3.8) is 0 Å². The number of nitrogens with one attached hydrogen (secondary N) is 1. The first-order valence-corrected chi connectivity index (χ1v) is 8.85. The number of benzene rings is 1. The van der Waals surface area contributed by atoms with E-state index in [0.717, 1.165) is 17.4 Å². The molecule has 0 atom stereocenters. The number of aromatic nitrogens is 2. The maximum Gasteiger partial charge on any atom is 0.433 e. The Hall–Kier alpha value is -3.21. The van der Waals surface area contributed by atoms with Crippen LogP contribution in [-0.4, -0.2) is 30.4 Å². The van der Waals surface area contributed by atoms with Crippen molar-refractivity contribution in [2.75, 3.05) is 19.6 Å². The summed E-state index contributed by atoms with van der Waals surface area (Å²) in [5, 5.41) is 3.37. The third-order valence-corrected chi connectivity index (χ3v) is 4.45. The van der Waals surface area contributed by atoms with Gasteiger partial charge in [0, 0.05) is 5.56 Å². The smallest absolute Gasteiger partial charge is 0.433 e. The molecular weight excluding hydrogens is 412 g/mol. The summed E-state index contributed by atoms with van der Waals surface area (Å²) in [6, 6.07) is 8.16. The molecule has 1 N–H and O–H groups in total. The molecule has 0 aliphatic carbocycles. The van der Waals surface area contributed by atoms with Gasteiger partial charge in [0.05, 0.1) is 31.0 Å². The van der Waals surface area contributed by atoms with Gasteiger partial charge >= 0.3 is 6.18 Å². The molecule has 1 aromatic carbocycles. The van der Waals surface area contributed by atoms with Crippen LogP contribution >= 0.6 is 11.3 Å². The predicted octanol–water partition coefficient (Wildman–Crippen LogP) is 4.83. The van der Waals surface area contributed by atoms with E-state index < -0.39 is 17.0 Å². The highest BCUT2D eigenvalue weighted by molar-refractivity contribution is 7.12. The Kier molecular flexibility index (Phi) is 5.97. The zero-order chi connectivity index (χ0) is 21.0. The molecule has 152 valence electrons. The van der Waals surface area contributed by atoms with Crippen LogP contribution in [0.15, 0.2) is 41.5 Å². The van der Waals surface area contributed by atoms with Crippen molar-refractivity contribution in [2.45, 2.75) is 6.18 Å². The highest BCUT2D eigenvalue weighted by Crippen LogP contribution is 2.34. The van der Waals surface area contributed by atoms with E-state index >= 15 is 0 Å². The summed E-state index contributed by atoms with van der Waals surface area (Å²) >= 11 is 0.835. The van der Waals surface area contributed by atoms with E-state index in [1.54, 1.807) is 12.1 Å². The third-order valence-electron chi connectivity index (χ3n) is 3.65. The lowest BCUT2D eigenvalue weighted by Crippen LogP contribution is -2.11. The first-order valence-electron chi connectivity index (χ1n) is 8.03. The van der Waals surface area contributed by atoms with Crippen molar-refractivity contribution in [2.24, 2.45) is 5.10 Å². The second kappa shape index (κ2) is 8.43. The zero-order valence-corrected chi connectivity index (χ0v) is 15.9. The average molecular weight is 426 g/mol. The number of hydrazone groups is 1. The lowest BCUT2D eigenvalue weighted by Gasteiger charge is -2.12. The third kappa shape index (κ3) is 4.99. The van der Waals surface area contributed by atoms with Gasteiger partial charge in [-0.2, -0.15) is 22.7 Å². The fourth-order valence-electron chi connectivity index (χ4n) is 2.34. The number of thiophene rings is 1. The van der Waals surface area contributed by atoms with Gasteiger partial charge in [-0.1, -0.05) is 0 Å². The fourth-order valence-corrected chi connectivity index (χ4v) is 2.94. The normalized spacial score (nSPS) is 11.7. The molecule has 0 unspecified atom stereocenters. The summed E-state index contributed by atoms with van der Waals surface area (Å²) in [6.07, 6.45) is -3.43. The number of methoxy groups -OCH3 is 2. The number of hydrogen-bond donors (Lipinski definition) is 1. The van der Waals surface area contributed by atoms with Gasteiger partial charge in [0.25, 0.3) is 0 Å². The second-order valence-corrected chi connectivity index (χ2v) is 6.61. The first-order chi connectivity index (χ1) is 13.8. The molecule has 0 fully saturated rings. The van der Waals surface area contributed by atoms with Crippen molar-refractivity contribution < 1.29 is 27.0 Å². The molecule has 0 aliphatic rings. The monoisotopic (exact) mass is 426 g/mol. The van der Waals surface area contributed by atoms with E-state index in [4.69, 9.17) is 9.47 Å². The summed E-state index contributed by atoms with van der Waals surface area (Å²) in [5.41, 5.74) is 1.58. The molecule has 0 saturated heterocycles. The molecule has 0 radical (unpaired) electrons. The zero-order valence-electron chi connectivity index (χ0n) is 15.1. The standard InChI is InChI=1S/C18H14F4N4O2S/c1-27-13-5-3-10(7-14(13)28-2)12-8-15(18(20,21)22)25-17(24-12)26-23-9-11-4-6-16(19)29-11/h3-9H,1-2H3,(H,24,25,26)/b23-9+. The van der Waals surface area contributed by atoms with E-state index in [1.165, 1.54) is 38.6 Å². The van der Waals surface area contributed by atoms with Gasteiger partial charge in [0.1, 0.15) is 0 Å². The number of halogens is 4. The minimum absolute atomic E-state index is 0.00754. The first kappa shape index (κ1) is 20.5. The Bertz CT molecular complexity index is 1040. The van der Waals surface area contributed by atoms with Gasteiger partial charge in [0.2, 0.25) is 5.95 Å². The SMILES string of the molecule is COc1ccc(-c2cc(C(F)(F)F)nc(N/N=C/c3ccc(F)s3)n2)cc1OC. The summed E-state index contributed by atoms with van der Waals surface area (Å²) in [6.45, 7) is 0. The van der Waals surface area contributed by atoms with Crippen LogP contribution in [0, 0.1) is 5.13 Å². The van der Waals surface area contributed by atoms with Crippen molar-refractivity contribution >= 4 is 23.5 Å². The van der Waals surface area contributed by atoms with Gasteiger partial charge < -0.3 is 9.47 Å². The molecule has 0 bridgehead atoms. The molecule has 0 amide bonds.